The minimum atomic E-state index is -0.547. The SMILES string of the molecule is CC(C)(C)OC(=O)N1CCN=C(/C(=C\N)c2cccc(C(=N)N)c2)C1. The zero-order valence-electron chi connectivity index (χ0n) is 14.9. The van der Waals surface area contributed by atoms with Crippen LogP contribution in [0, 0.1) is 5.41 Å². The summed E-state index contributed by atoms with van der Waals surface area (Å²) < 4.78 is 5.43. The molecule has 7 nitrogen and oxygen atoms in total. The molecule has 1 aromatic rings. The van der Waals surface area contributed by atoms with Crippen LogP contribution in [0.1, 0.15) is 31.9 Å². The summed E-state index contributed by atoms with van der Waals surface area (Å²) in [6, 6.07) is 7.23. The molecule has 2 rings (SSSR count). The number of carbonyl (C=O) groups excluding carboxylic acids is 1. The molecule has 1 heterocycles. The number of hydrogen-bond acceptors (Lipinski definition) is 5. The molecule has 0 saturated heterocycles. The first kappa shape index (κ1) is 18.5. The number of nitrogens with two attached hydrogens (primary N) is 2. The van der Waals surface area contributed by atoms with E-state index in [1.165, 1.54) is 6.20 Å². The second kappa shape index (κ2) is 7.38. The van der Waals surface area contributed by atoms with Crippen molar-refractivity contribution < 1.29 is 9.53 Å². The number of benzene rings is 1. The molecule has 134 valence electrons. The van der Waals surface area contributed by atoms with Gasteiger partial charge in [0.1, 0.15) is 11.4 Å². The van der Waals surface area contributed by atoms with Gasteiger partial charge in [-0.3, -0.25) is 10.4 Å². The van der Waals surface area contributed by atoms with Crippen molar-refractivity contribution in [3.63, 3.8) is 0 Å². The number of hydrogen-bond donors (Lipinski definition) is 3. The van der Waals surface area contributed by atoms with Gasteiger partial charge >= 0.3 is 6.09 Å². The zero-order valence-corrected chi connectivity index (χ0v) is 14.9. The lowest BCUT2D eigenvalue weighted by Gasteiger charge is -2.30. The molecule has 1 aliphatic heterocycles. The Bertz CT molecular complexity index is 731. The average molecular weight is 343 g/mol. The van der Waals surface area contributed by atoms with Gasteiger partial charge in [-0.2, -0.15) is 0 Å². The maximum absolute atomic E-state index is 12.3. The van der Waals surface area contributed by atoms with Gasteiger partial charge in [-0.1, -0.05) is 18.2 Å². The number of aliphatic imine (C=N–C) groups is 1. The first-order valence-electron chi connectivity index (χ1n) is 8.09. The van der Waals surface area contributed by atoms with Crippen LogP contribution in [-0.4, -0.2) is 47.8 Å². The summed E-state index contributed by atoms with van der Waals surface area (Å²) in [6.07, 6.45) is 1.10. The predicted molar refractivity (Wildman–Crippen MR) is 99.7 cm³/mol. The number of rotatable bonds is 3. The fourth-order valence-corrected chi connectivity index (χ4v) is 2.48. The number of nitrogen functional groups attached to an aromatic ring is 1. The monoisotopic (exact) mass is 343 g/mol. The van der Waals surface area contributed by atoms with Crippen LogP contribution >= 0.6 is 0 Å². The molecule has 0 unspecified atom stereocenters. The van der Waals surface area contributed by atoms with Gasteiger partial charge in [0.15, 0.2) is 0 Å². The standard InChI is InChI=1S/C18H25N5O2/c1-18(2,3)25-17(24)23-8-7-22-15(11-23)14(10-19)12-5-4-6-13(9-12)16(20)21/h4-6,9-10H,7-8,11,19H2,1-3H3,(H3,20,21)/b14-10-. The number of nitrogens with zero attached hydrogens (tertiary/aromatic N) is 2. The maximum Gasteiger partial charge on any atom is 0.410 e. The lowest BCUT2D eigenvalue weighted by molar-refractivity contribution is 0.0279. The second-order valence-corrected chi connectivity index (χ2v) is 6.81. The first-order chi connectivity index (χ1) is 11.7. The molecule has 0 fully saturated rings. The van der Waals surface area contributed by atoms with E-state index < -0.39 is 5.60 Å². The van der Waals surface area contributed by atoms with Gasteiger partial charge in [0.05, 0.1) is 18.8 Å². The molecule has 0 atom stereocenters. The molecule has 0 aromatic heterocycles. The summed E-state index contributed by atoms with van der Waals surface area (Å²) in [5.41, 5.74) is 13.7. The van der Waals surface area contributed by atoms with E-state index in [-0.39, 0.29) is 11.9 Å². The Kier molecular flexibility index (Phi) is 5.46. The third kappa shape index (κ3) is 4.82. The number of amides is 1. The van der Waals surface area contributed by atoms with E-state index in [0.29, 0.717) is 30.9 Å². The Morgan fingerprint density at radius 1 is 1.36 bits per heavy atom. The van der Waals surface area contributed by atoms with Crippen molar-refractivity contribution in [1.82, 2.24) is 4.90 Å². The van der Waals surface area contributed by atoms with Crippen LogP contribution < -0.4 is 11.5 Å². The average Bonchev–Trinajstić information content (AvgIpc) is 2.54. The number of amidine groups is 1. The van der Waals surface area contributed by atoms with Crippen molar-refractivity contribution in [3.8, 4) is 0 Å². The number of ether oxygens (including phenoxy) is 1. The molecule has 0 saturated carbocycles. The molecule has 1 aliphatic rings. The summed E-state index contributed by atoms with van der Waals surface area (Å²) in [5, 5.41) is 7.57. The molecule has 7 heteroatoms. The molecule has 5 N–H and O–H groups in total. The molecular formula is C18H25N5O2. The Balaban J connectivity index is 2.21. The Morgan fingerprint density at radius 2 is 2.04 bits per heavy atom. The van der Waals surface area contributed by atoms with Crippen LogP contribution in [0.25, 0.3) is 5.57 Å². The van der Waals surface area contributed by atoms with E-state index in [9.17, 15) is 4.79 Å². The molecule has 0 aliphatic carbocycles. The van der Waals surface area contributed by atoms with Gasteiger partial charge in [-0.05, 0) is 32.4 Å². The van der Waals surface area contributed by atoms with E-state index in [1.807, 2.05) is 32.9 Å². The molecule has 1 aromatic carbocycles. The molecule has 0 radical (unpaired) electrons. The molecular weight excluding hydrogens is 318 g/mol. The first-order valence-corrected chi connectivity index (χ1v) is 8.09. The zero-order chi connectivity index (χ0) is 18.6. The fraction of sp³-hybridized carbons (Fsp3) is 0.389. The number of carbonyl (C=O) groups is 1. The van der Waals surface area contributed by atoms with Crippen LogP contribution in [0.3, 0.4) is 0 Å². The van der Waals surface area contributed by atoms with Crippen molar-refractivity contribution in [3.05, 3.63) is 41.6 Å². The van der Waals surface area contributed by atoms with Crippen LogP contribution in [0.4, 0.5) is 4.79 Å². The third-order valence-corrected chi connectivity index (χ3v) is 3.63. The molecule has 0 spiro atoms. The largest absolute Gasteiger partial charge is 0.444 e. The third-order valence-electron chi connectivity index (χ3n) is 3.63. The lowest BCUT2D eigenvalue weighted by atomic mass is 9.98. The number of nitrogens with one attached hydrogen (secondary N) is 1. The summed E-state index contributed by atoms with van der Waals surface area (Å²) >= 11 is 0. The quantitative estimate of drug-likeness (QED) is 0.574. The highest BCUT2D eigenvalue weighted by Crippen LogP contribution is 2.20. The minimum absolute atomic E-state index is 0.0146. The topological polar surface area (TPSA) is 118 Å². The van der Waals surface area contributed by atoms with Crippen LogP contribution in [0.15, 0.2) is 35.5 Å². The van der Waals surface area contributed by atoms with E-state index in [0.717, 1.165) is 11.1 Å². The highest BCUT2D eigenvalue weighted by Gasteiger charge is 2.26. The summed E-state index contributed by atoms with van der Waals surface area (Å²) in [6.45, 7) is 6.82. The van der Waals surface area contributed by atoms with Gasteiger partial charge < -0.3 is 21.1 Å². The molecule has 0 bridgehead atoms. The van der Waals surface area contributed by atoms with Crippen molar-refractivity contribution in [1.29, 1.82) is 5.41 Å². The van der Waals surface area contributed by atoms with E-state index in [2.05, 4.69) is 4.99 Å². The van der Waals surface area contributed by atoms with Crippen LogP contribution in [0.2, 0.25) is 0 Å². The second-order valence-electron chi connectivity index (χ2n) is 6.81. The smallest absolute Gasteiger partial charge is 0.410 e. The normalized spacial score (nSPS) is 15.6. The van der Waals surface area contributed by atoms with E-state index >= 15 is 0 Å². The highest BCUT2D eigenvalue weighted by molar-refractivity contribution is 6.25. The van der Waals surface area contributed by atoms with E-state index in [1.54, 1.807) is 17.0 Å². The summed E-state index contributed by atoms with van der Waals surface area (Å²) in [4.78, 5) is 18.4. The summed E-state index contributed by atoms with van der Waals surface area (Å²) in [5.74, 6) is -0.0146. The van der Waals surface area contributed by atoms with Crippen molar-refractivity contribution >= 4 is 23.2 Å². The minimum Gasteiger partial charge on any atom is -0.444 e. The summed E-state index contributed by atoms with van der Waals surface area (Å²) in [7, 11) is 0. The van der Waals surface area contributed by atoms with Gasteiger partial charge in [-0.15, -0.1) is 0 Å². The van der Waals surface area contributed by atoms with Crippen LogP contribution in [0.5, 0.6) is 0 Å². The van der Waals surface area contributed by atoms with Crippen LogP contribution in [-0.2, 0) is 4.74 Å². The Morgan fingerprint density at radius 3 is 2.64 bits per heavy atom. The van der Waals surface area contributed by atoms with Crippen molar-refractivity contribution in [2.75, 3.05) is 19.6 Å². The Hall–Kier alpha value is -2.83. The molecule has 25 heavy (non-hydrogen) atoms. The fourth-order valence-electron chi connectivity index (χ4n) is 2.48. The van der Waals surface area contributed by atoms with Crippen molar-refractivity contribution in [2.24, 2.45) is 16.5 Å². The predicted octanol–water partition coefficient (Wildman–Crippen LogP) is 1.96. The van der Waals surface area contributed by atoms with Gasteiger partial charge in [0.25, 0.3) is 0 Å². The Labute approximate surface area is 147 Å². The van der Waals surface area contributed by atoms with Gasteiger partial charge in [0, 0.05) is 23.9 Å². The maximum atomic E-state index is 12.3. The van der Waals surface area contributed by atoms with E-state index in [4.69, 9.17) is 21.6 Å². The van der Waals surface area contributed by atoms with Gasteiger partial charge in [0.2, 0.25) is 0 Å². The lowest BCUT2D eigenvalue weighted by Crippen LogP contribution is -2.43. The van der Waals surface area contributed by atoms with Crippen molar-refractivity contribution in [2.45, 2.75) is 26.4 Å². The molecule has 1 amide bonds. The highest BCUT2D eigenvalue weighted by atomic mass is 16.6. The van der Waals surface area contributed by atoms with Gasteiger partial charge in [-0.25, -0.2) is 4.79 Å².